The zero-order chi connectivity index (χ0) is 22.5. The zero-order valence-corrected chi connectivity index (χ0v) is 17.9. The predicted octanol–water partition coefficient (Wildman–Crippen LogP) is 4.40. The molecule has 30 heavy (non-hydrogen) atoms. The topological polar surface area (TPSA) is 80.3 Å². The first kappa shape index (κ1) is 23.3. The standard InChI is InChI=1S/C17H13Cl2F4NO4S2/c18-10-1-4-13(5-2-10)29(25,26)16(14-7-11(19)3-6-15(14)20)8-12(9-16)24-30(27,28)17(21,22)23/h1-7,12,24H,8-9H2. The van der Waals surface area contributed by atoms with E-state index in [0.29, 0.717) is 0 Å². The Kier molecular flexibility index (Phi) is 5.92. The molecule has 1 aliphatic carbocycles. The molecular weight excluding hydrogens is 493 g/mol. The number of sulfone groups is 1. The Morgan fingerprint density at radius 3 is 2.00 bits per heavy atom. The van der Waals surface area contributed by atoms with Crippen molar-refractivity contribution in [2.24, 2.45) is 0 Å². The van der Waals surface area contributed by atoms with Crippen molar-refractivity contribution in [1.29, 1.82) is 0 Å². The first-order valence-corrected chi connectivity index (χ1v) is 12.0. The van der Waals surface area contributed by atoms with E-state index >= 15 is 0 Å². The second kappa shape index (κ2) is 7.63. The number of alkyl halides is 3. The van der Waals surface area contributed by atoms with Crippen LogP contribution in [0.4, 0.5) is 17.6 Å². The molecule has 2 aromatic rings. The normalized spacial score (nSPS) is 22.5. The lowest BCUT2D eigenvalue weighted by Gasteiger charge is -2.47. The average molecular weight is 506 g/mol. The molecule has 0 amide bonds. The van der Waals surface area contributed by atoms with Gasteiger partial charge in [-0.1, -0.05) is 23.2 Å². The molecular formula is C17H13Cl2F4NO4S2. The first-order valence-electron chi connectivity index (χ1n) is 8.24. The third-order valence-corrected chi connectivity index (χ3v) is 9.05. The van der Waals surface area contributed by atoms with Crippen LogP contribution in [0.15, 0.2) is 47.4 Å². The molecule has 0 spiro atoms. The molecule has 0 aromatic heterocycles. The fourth-order valence-corrected chi connectivity index (χ4v) is 6.65. The minimum absolute atomic E-state index is 0.0106. The van der Waals surface area contributed by atoms with Crippen LogP contribution in [-0.4, -0.2) is 28.4 Å². The second-order valence-electron chi connectivity index (χ2n) is 6.75. The summed E-state index contributed by atoms with van der Waals surface area (Å²) in [5.74, 6) is -0.936. The third kappa shape index (κ3) is 3.93. The molecule has 1 N–H and O–H groups in total. The Morgan fingerprint density at radius 2 is 1.47 bits per heavy atom. The fraction of sp³-hybridized carbons (Fsp3) is 0.294. The van der Waals surface area contributed by atoms with Crippen molar-refractivity contribution < 1.29 is 34.4 Å². The van der Waals surface area contributed by atoms with Gasteiger partial charge in [0.25, 0.3) is 0 Å². The zero-order valence-electron chi connectivity index (χ0n) is 14.8. The average Bonchev–Trinajstić information content (AvgIpc) is 2.59. The highest BCUT2D eigenvalue weighted by atomic mass is 35.5. The lowest BCUT2D eigenvalue weighted by atomic mass is 9.75. The Labute approximate surface area is 180 Å². The van der Waals surface area contributed by atoms with E-state index in [9.17, 15) is 34.4 Å². The van der Waals surface area contributed by atoms with Gasteiger partial charge in [-0.25, -0.2) is 25.9 Å². The summed E-state index contributed by atoms with van der Waals surface area (Å²) >= 11 is 11.7. The third-order valence-electron chi connectivity index (χ3n) is 4.84. The van der Waals surface area contributed by atoms with Crippen LogP contribution in [0, 0.1) is 5.82 Å². The largest absolute Gasteiger partial charge is 0.511 e. The fourth-order valence-electron chi connectivity index (χ4n) is 3.38. The highest BCUT2D eigenvalue weighted by Gasteiger charge is 2.59. The van der Waals surface area contributed by atoms with Crippen LogP contribution >= 0.6 is 23.2 Å². The van der Waals surface area contributed by atoms with Gasteiger partial charge < -0.3 is 0 Å². The number of sulfonamides is 1. The number of nitrogens with one attached hydrogen (secondary N) is 1. The molecule has 3 rings (SSSR count). The predicted molar refractivity (Wildman–Crippen MR) is 103 cm³/mol. The van der Waals surface area contributed by atoms with Crippen LogP contribution < -0.4 is 4.72 Å². The number of halogens is 6. The smallest absolute Gasteiger partial charge is 0.223 e. The van der Waals surface area contributed by atoms with Gasteiger partial charge in [0.05, 0.1) is 4.90 Å². The van der Waals surface area contributed by atoms with Crippen LogP contribution in [0.5, 0.6) is 0 Å². The maximum atomic E-state index is 14.6. The van der Waals surface area contributed by atoms with Crippen molar-refractivity contribution >= 4 is 43.1 Å². The Bertz CT molecular complexity index is 1180. The number of hydrogen-bond acceptors (Lipinski definition) is 4. The van der Waals surface area contributed by atoms with Gasteiger partial charge in [0.1, 0.15) is 10.6 Å². The van der Waals surface area contributed by atoms with Gasteiger partial charge in [0.2, 0.25) is 0 Å². The highest BCUT2D eigenvalue weighted by molar-refractivity contribution is 7.92. The van der Waals surface area contributed by atoms with Gasteiger partial charge in [-0.15, -0.1) is 0 Å². The summed E-state index contributed by atoms with van der Waals surface area (Å²) in [7, 11) is -10.1. The van der Waals surface area contributed by atoms with E-state index in [-0.39, 0.29) is 20.5 Å². The SMILES string of the molecule is O=S(=O)(NC1CC(c2cc(Cl)ccc2F)(S(=O)(=O)c2ccc(Cl)cc2)C1)C(F)(F)F. The molecule has 13 heteroatoms. The summed E-state index contributed by atoms with van der Waals surface area (Å²) in [6.45, 7) is 0. The van der Waals surface area contributed by atoms with E-state index in [1.165, 1.54) is 35.1 Å². The summed E-state index contributed by atoms with van der Waals surface area (Å²) in [6, 6.07) is 6.74. The maximum absolute atomic E-state index is 14.6. The summed E-state index contributed by atoms with van der Waals surface area (Å²) in [5, 5.41) is 0.248. The van der Waals surface area contributed by atoms with E-state index in [1.807, 2.05) is 0 Å². The Hall–Kier alpha value is -1.40. The monoisotopic (exact) mass is 505 g/mol. The molecule has 0 atom stereocenters. The maximum Gasteiger partial charge on any atom is 0.511 e. The molecule has 0 radical (unpaired) electrons. The number of rotatable bonds is 5. The van der Waals surface area contributed by atoms with Crippen molar-refractivity contribution in [3.8, 4) is 0 Å². The number of benzene rings is 2. The van der Waals surface area contributed by atoms with Crippen molar-refractivity contribution in [2.75, 3.05) is 0 Å². The van der Waals surface area contributed by atoms with E-state index in [4.69, 9.17) is 23.2 Å². The molecule has 0 unspecified atom stereocenters. The molecule has 1 saturated carbocycles. The number of hydrogen-bond donors (Lipinski definition) is 1. The molecule has 5 nitrogen and oxygen atoms in total. The summed E-state index contributed by atoms with van der Waals surface area (Å²) in [6.07, 6.45) is -1.24. The lowest BCUT2D eigenvalue weighted by Crippen LogP contribution is -2.58. The van der Waals surface area contributed by atoms with E-state index < -0.39 is 54.8 Å². The first-order chi connectivity index (χ1) is 13.7. The molecule has 164 valence electrons. The molecule has 2 aromatic carbocycles. The van der Waals surface area contributed by atoms with E-state index in [0.717, 1.165) is 12.1 Å². The molecule has 0 saturated heterocycles. The minimum Gasteiger partial charge on any atom is -0.223 e. The molecule has 1 fully saturated rings. The van der Waals surface area contributed by atoms with Gasteiger partial charge in [-0.3, -0.25) is 0 Å². The lowest BCUT2D eigenvalue weighted by molar-refractivity contribution is -0.0455. The van der Waals surface area contributed by atoms with Crippen LogP contribution in [0.3, 0.4) is 0 Å². The summed E-state index contributed by atoms with van der Waals surface area (Å²) < 4.78 is 101. The van der Waals surface area contributed by atoms with E-state index in [2.05, 4.69) is 0 Å². The van der Waals surface area contributed by atoms with Crippen molar-refractivity contribution in [1.82, 2.24) is 4.72 Å². The highest BCUT2D eigenvalue weighted by Crippen LogP contribution is 2.52. The van der Waals surface area contributed by atoms with Crippen LogP contribution in [0.2, 0.25) is 10.0 Å². The Morgan fingerprint density at radius 1 is 0.933 bits per heavy atom. The van der Waals surface area contributed by atoms with Gasteiger partial charge in [0.15, 0.2) is 9.84 Å². The Balaban J connectivity index is 2.07. The van der Waals surface area contributed by atoms with Gasteiger partial charge in [-0.2, -0.15) is 13.2 Å². The van der Waals surface area contributed by atoms with Gasteiger partial charge in [0, 0.05) is 21.7 Å². The molecule has 0 bridgehead atoms. The van der Waals surface area contributed by atoms with Crippen LogP contribution in [0.1, 0.15) is 18.4 Å². The minimum atomic E-state index is -5.71. The van der Waals surface area contributed by atoms with Crippen molar-refractivity contribution in [3.63, 3.8) is 0 Å². The van der Waals surface area contributed by atoms with Gasteiger partial charge in [-0.05, 0) is 55.3 Å². The summed E-state index contributed by atoms with van der Waals surface area (Å²) in [4.78, 5) is -0.247. The second-order valence-corrected chi connectivity index (χ2v) is 11.6. The van der Waals surface area contributed by atoms with Crippen molar-refractivity contribution in [3.05, 3.63) is 63.9 Å². The molecule has 0 heterocycles. The van der Waals surface area contributed by atoms with E-state index in [1.54, 1.807) is 0 Å². The molecule has 1 aliphatic rings. The molecule has 0 aliphatic heterocycles. The quantitative estimate of drug-likeness (QED) is 0.610. The van der Waals surface area contributed by atoms with Crippen molar-refractivity contribution in [2.45, 2.75) is 34.0 Å². The van der Waals surface area contributed by atoms with Gasteiger partial charge >= 0.3 is 15.5 Å². The van der Waals surface area contributed by atoms with Crippen LogP contribution in [0.25, 0.3) is 0 Å². The van der Waals surface area contributed by atoms with Crippen LogP contribution in [-0.2, 0) is 24.6 Å². The summed E-state index contributed by atoms with van der Waals surface area (Å²) in [5.41, 5.74) is -5.92.